The average molecular weight is 487 g/mol. The molecule has 0 amide bonds. The second-order valence-electron chi connectivity index (χ2n) is 14.8. The number of rotatable bonds is 2. The highest BCUT2D eigenvalue weighted by atomic mass is 16.4. The van der Waals surface area contributed by atoms with E-state index < -0.39 is 22.8 Å². The Labute approximate surface area is 210 Å². The van der Waals surface area contributed by atoms with Gasteiger partial charge in [-0.1, -0.05) is 46.3 Å². The summed E-state index contributed by atoms with van der Waals surface area (Å²) in [5.74, 6) is -0.770. The summed E-state index contributed by atoms with van der Waals surface area (Å²) in [7, 11) is 0. The van der Waals surface area contributed by atoms with E-state index in [1.165, 1.54) is 5.57 Å². The first kappa shape index (κ1) is 25.3. The lowest BCUT2D eigenvalue weighted by Gasteiger charge is -2.71. The Balaban J connectivity index is 1.60. The standard InChI is InChI=1S/C30H46O5/c1-25(2)20-9-12-29(6)21(27(20,4)11-10-22(25)31)8-7-18-19-17-26(3,23(32)33)13-15-30(19,24(34)35)16-14-28(18,29)5/h7,19-22,31H,8-17H2,1-6H3,(H,32,33)(H,34,35)/t19-,20-,21-,22+,26-,27+,28-,29-,30+/m1/s1. The van der Waals surface area contributed by atoms with Crippen molar-refractivity contribution in [3.8, 4) is 0 Å². The number of hydrogen-bond acceptors (Lipinski definition) is 3. The molecular formula is C30H46O5. The van der Waals surface area contributed by atoms with E-state index in [-0.39, 0.29) is 33.7 Å². The molecule has 0 aromatic carbocycles. The molecule has 35 heavy (non-hydrogen) atoms. The highest BCUT2D eigenvalue weighted by Gasteiger charge is 2.69. The number of aliphatic hydroxyl groups is 1. The third-order valence-corrected chi connectivity index (χ3v) is 13.3. The van der Waals surface area contributed by atoms with Gasteiger partial charge in [0.2, 0.25) is 0 Å². The van der Waals surface area contributed by atoms with Gasteiger partial charge in [0.1, 0.15) is 0 Å². The minimum Gasteiger partial charge on any atom is -0.481 e. The minimum atomic E-state index is -0.867. The molecule has 0 aromatic rings. The summed E-state index contributed by atoms with van der Waals surface area (Å²) in [6, 6.07) is 0. The maximum atomic E-state index is 12.8. The van der Waals surface area contributed by atoms with Gasteiger partial charge < -0.3 is 15.3 Å². The average Bonchev–Trinajstić information content (AvgIpc) is 2.77. The summed E-state index contributed by atoms with van der Waals surface area (Å²) in [5, 5.41) is 31.4. The molecule has 5 aliphatic carbocycles. The monoisotopic (exact) mass is 486 g/mol. The van der Waals surface area contributed by atoms with E-state index in [4.69, 9.17) is 0 Å². The van der Waals surface area contributed by atoms with Gasteiger partial charge in [-0.15, -0.1) is 0 Å². The van der Waals surface area contributed by atoms with Crippen LogP contribution in [-0.4, -0.2) is 33.4 Å². The molecule has 5 rings (SSSR count). The summed E-state index contributed by atoms with van der Waals surface area (Å²) in [6.45, 7) is 13.7. The fraction of sp³-hybridized carbons (Fsp3) is 0.867. The normalized spacial score (nSPS) is 52.7. The minimum absolute atomic E-state index is 0.0441. The molecule has 5 aliphatic rings. The quantitative estimate of drug-likeness (QED) is 0.398. The second-order valence-corrected chi connectivity index (χ2v) is 14.8. The number of aliphatic carboxylic acids is 2. The molecule has 0 saturated heterocycles. The van der Waals surface area contributed by atoms with Crippen LogP contribution in [0.25, 0.3) is 0 Å². The summed E-state index contributed by atoms with van der Waals surface area (Å²) >= 11 is 0. The van der Waals surface area contributed by atoms with Crippen molar-refractivity contribution in [2.24, 2.45) is 50.2 Å². The second kappa shape index (κ2) is 7.36. The van der Waals surface area contributed by atoms with E-state index in [1.807, 2.05) is 6.92 Å². The molecule has 0 spiro atoms. The zero-order valence-corrected chi connectivity index (χ0v) is 22.6. The molecule has 3 N–H and O–H groups in total. The Kier molecular flexibility index (Phi) is 5.32. The molecule has 5 heteroatoms. The maximum Gasteiger partial charge on any atom is 0.310 e. The van der Waals surface area contributed by atoms with Crippen molar-refractivity contribution >= 4 is 11.9 Å². The predicted octanol–water partition coefficient (Wildman–Crippen LogP) is 6.30. The third kappa shape index (κ3) is 2.97. The molecule has 9 atom stereocenters. The van der Waals surface area contributed by atoms with Gasteiger partial charge in [0.05, 0.1) is 16.9 Å². The maximum absolute atomic E-state index is 12.8. The van der Waals surface area contributed by atoms with Crippen molar-refractivity contribution in [3.63, 3.8) is 0 Å². The summed E-state index contributed by atoms with van der Waals surface area (Å²) in [4.78, 5) is 25.0. The summed E-state index contributed by atoms with van der Waals surface area (Å²) in [5.41, 5.74) is -0.474. The lowest BCUT2D eigenvalue weighted by atomic mass is 9.33. The first-order valence-corrected chi connectivity index (χ1v) is 13.9. The molecule has 0 radical (unpaired) electrons. The molecule has 0 heterocycles. The number of carboxylic acids is 2. The van der Waals surface area contributed by atoms with Crippen molar-refractivity contribution in [1.29, 1.82) is 0 Å². The zero-order chi connectivity index (χ0) is 25.8. The topological polar surface area (TPSA) is 94.8 Å². The van der Waals surface area contributed by atoms with E-state index in [2.05, 4.69) is 40.7 Å². The van der Waals surface area contributed by atoms with Crippen LogP contribution in [0.5, 0.6) is 0 Å². The number of allylic oxidation sites excluding steroid dienone is 2. The Morgan fingerprint density at radius 2 is 1.49 bits per heavy atom. The van der Waals surface area contributed by atoms with Crippen LogP contribution in [0.1, 0.15) is 106 Å². The van der Waals surface area contributed by atoms with Crippen LogP contribution >= 0.6 is 0 Å². The van der Waals surface area contributed by atoms with Crippen molar-refractivity contribution in [2.45, 2.75) is 112 Å². The summed E-state index contributed by atoms with van der Waals surface area (Å²) in [6.07, 6.45) is 9.97. The number of fused-ring (bicyclic) bond motifs is 7. The van der Waals surface area contributed by atoms with Crippen molar-refractivity contribution in [2.75, 3.05) is 0 Å². The largest absolute Gasteiger partial charge is 0.481 e. The lowest BCUT2D eigenvalue weighted by Crippen LogP contribution is -2.65. The Hall–Kier alpha value is -1.36. The number of hydrogen-bond donors (Lipinski definition) is 3. The molecule has 0 aliphatic heterocycles. The van der Waals surface area contributed by atoms with Crippen LogP contribution in [0, 0.1) is 50.2 Å². The first-order chi connectivity index (χ1) is 16.1. The number of aliphatic hydroxyl groups excluding tert-OH is 1. The van der Waals surface area contributed by atoms with E-state index >= 15 is 0 Å². The van der Waals surface area contributed by atoms with Crippen LogP contribution in [-0.2, 0) is 9.59 Å². The molecule has 4 saturated carbocycles. The van der Waals surface area contributed by atoms with E-state index in [9.17, 15) is 24.9 Å². The number of carboxylic acid groups (broad SMARTS) is 2. The van der Waals surface area contributed by atoms with Crippen molar-refractivity contribution in [3.05, 3.63) is 11.6 Å². The molecule has 196 valence electrons. The SMILES string of the molecule is CC1(C)[C@H]2CC[C@]3(C)[C@H](CC=C4[C@H]5C[C@](C)(C(=O)O)CC[C@]5(C(=O)O)CC[C@]43C)[C@@]2(C)CC[C@@H]1O. The lowest BCUT2D eigenvalue weighted by molar-refractivity contribution is -0.206. The highest BCUT2D eigenvalue weighted by molar-refractivity contribution is 5.79. The molecule has 5 nitrogen and oxygen atoms in total. The van der Waals surface area contributed by atoms with Gasteiger partial charge in [-0.05, 0) is 111 Å². The van der Waals surface area contributed by atoms with Gasteiger partial charge in [-0.3, -0.25) is 9.59 Å². The summed E-state index contributed by atoms with van der Waals surface area (Å²) < 4.78 is 0. The fourth-order valence-corrected chi connectivity index (χ4v) is 10.6. The van der Waals surface area contributed by atoms with Gasteiger partial charge in [0, 0.05) is 0 Å². The van der Waals surface area contributed by atoms with E-state index in [1.54, 1.807) is 0 Å². The Morgan fingerprint density at radius 3 is 2.11 bits per heavy atom. The van der Waals surface area contributed by atoms with Crippen LogP contribution in [0.2, 0.25) is 0 Å². The zero-order valence-electron chi connectivity index (χ0n) is 22.6. The van der Waals surface area contributed by atoms with Gasteiger partial charge in [-0.2, -0.15) is 0 Å². The third-order valence-electron chi connectivity index (χ3n) is 13.3. The van der Waals surface area contributed by atoms with Gasteiger partial charge in [-0.25, -0.2) is 0 Å². The van der Waals surface area contributed by atoms with Gasteiger partial charge in [0.25, 0.3) is 0 Å². The Bertz CT molecular complexity index is 983. The first-order valence-electron chi connectivity index (χ1n) is 13.9. The van der Waals surface area contributed by atoms with Crippen LogP contribution in [0.3, 0.4) is 0 Å². The molecule has 0 bridgehead atoms. The molecule has 4 fully saturated rings. The smallest absolute Gasteiger partial charge is 0.310 e. The van der Waals surface area contributed by atoms with Gasteiger partial charge in [0.15, 0.2) is 0 Å². The highest BCUT2D eigenvalue weighted by Crippen LogP contribution is 2.75. The van der Waals surface area contributed by atoms with Crippen molar-refractivity contribution < 1.29 is 24.9 Å². The molecular weight excluding hydrogens is 440 g/mol. The van der Waals surface area contributed by atoms with Crippen LogP contribution < -0.4 is 0 Å². The van der Waals surface area contributed by atoms with Crippen LogP contribution in [0.4, 0.5) is 0 Å². The fourth-order valence-electron chi connectivity index (χ4n) is 10.6. The van der Waals surface area contributed by atoms with Gasteiger partial charge >= 0.3 is 11.9 Å². The Morgan fingerprint density at radius 1 is 0.829 bits per heavy atom. The van der Waals surface area contributed by atoms with E-state index in [0.717, 1.165) is 38.5 Å². The van der Waals surface area contributed by atoms with E-state index in [0.29, 0.717) is 37.5 Å². The molecule has 0 aromatic heterocycles. The molecule has 0 unspecified atom stereocenters. The predicted molar refractivity (Wildman–Crippen MR) is 135 cm³/mol. The van der Waals surface area contributed by atoms with Crippen LogP contribution in [0.15, 0.2) is 11.6 Å². The van der Waals surface area contributed by atoms with Crippen molar-refractivity contribution in [1.82, 2.24) is 0 Å². The number of carbonyl (C=O) groups is 2.